The zero-order chi connectivity index (χ0) is 9.12. The highest BCUT2D eigenvalue weighted by Gasteiger charge is 2.29. The number of rotatable bonds is 4. The molecule has 2 unspecified atom stereocenters. The summed E-state index contributed by atoms with van der Waals surface area (Å²) in [4.78, 5) is 8.65. The summed E-state index contributed by atoms with van der Waals surface area (Å²) in [6.07, 6.45) is 0. The molecule has 0 saturated carbocycles. The van der Waals surface area contributed by atoms with E-state index < -0.39 is 15.4 Å². The van der Waals surface area contributed by atoms with E-state index in [1.807, 2.05) is 0 Å². The molecule has 11 heavy (non-hydrogen) atoms. The molecule has 0 fully saturated rings. The molecular weight excluding hydrogens is 194 g/mol. The van der Waals surface area contributed by atoms with Crippen molar-refractivity contribution >= 4 is 15.4 Å². The summed E-state index contributed by atoms with van der Waals surface area (Å²) < 4.78 is 34.0. The van der Waals surface area contributed by atoms with Crippen LogP contribution in [0.15, 0.2) is 0 Å². The van der Waals surface area contributed by atoms with Gasteiger partial charge in [0.15, 0.2) is 0 Å². The van der Waals surface area contributed by atoms with E-state index in [4.69, 9.17) is 4.89 Å². The van der Waals surface area contributed by atoms with Crippen molar-refractivity contribution in [1.82, 2.24) is 0 Å². The zero-order valence-corrected chi connectivity index (χ0v) is 8.17. The van der Waals surface area contributed by atoms with E-state index in [2.05, 4.69) is 13.4 Å². The van der Waals surface area contributed by atoms with Gasteiger partial charge in [0, 0.05) is 20.9 Å². The molecule has 1 N–H and O–H groups in total. The highest BCUT2D eigenvalue weighted by molar-refractivity contribution is 7.64. The summed E-state index contributed by atoms with van der Waals surface area (Å²) in [5, 5.41) is 0. The second-order valence-electron chi connectivity index (χ2n) is 1.69. The predicted octanol–water partition coefficient (Wildman–Crippen LogP) is 1.22. The van der Waals surface area contributed by atoms with Gasteiger partial charge in [-0.1, -0.05) is 0 Å². The Morgan fingerprint density at radius 1 is 1.18 bits per heavy atom. The van der Waals surface area contributed by atoms with Gasteiger partial charge in [0.2, 0.25) is 0 Å². The van der Waals surface area contributed by atoms with E-state index in [1.54, 1.807) is 0 Å². The maximum Gasteiger partial charge on any atom is 0.479 e. The first kappa shape index (κ1) is 11.3. The molecule has 0 aromatic heterocycles. The van der Waals surface area contributed by atoms with Gasteiger partial charge in [-0.25, -0.2) is 8.88 Å². The van der Waals surface area contributed by atoms with Crippen LogP contribution in [0, 0.1) is 0 Å². The Bertz CT molecular complexity index is 190. The number of phosphoric ester groups is 1. The predicted molar refractivity (Wildman–Crippen MR) is 38.5 cm³/mol. The molecule has 8 heteroatoms. The molecule has 0 aromatic rings. The van der Waals surface area contributed by atoms with Gasteiger partial charge in [-0.15, -0.1) is 0 Å². The van der Waals surface area contributed by atoms with Crippen molar-refractivity contribution in [1.29, 1.82) is 0 Å². The van der Waals surface area contributed by atoms with Crippen molar-refractivity contribution in [2.45, 2.75) is 0 Å². The summed E-state index contributed by atoms with van der Waals surface area (Å²) in [6, 6.07) is 0. The van der Waals surface area contributed by atoms with Crippen LogP contribution in [-0.4, -0.2) is 25.8 Å². The third kappa shape index (κ3) is 4.69. The summed E-state index contributed by atoms with van der Waals surface area (Å²) in [6.45, 7) is 1.06. The first-order chi connectivity index (χ1) is 4.83. The SMILES string of the molecule is COP(C)(=O)OP(=O)(O)OC. The van der Waals surface area contributed by atoms with Crippen LogP contribution < -0.4 is 0 Å². The topological polar surface area (TPSA) is 82.1 Å². The van der Waals surface area contributed by atoms with Gasteiger partial charge in [-0.2, -0.15) is 0 Å². The van der Waals surface area contributed by atoms with E-state index in [1.165, 1.54) is 0 Å². The van der Waals surface area contributed by atoms with E-state index in [0.29, 0.717) is 0 Å². The summed E-state index contributed by atoms with van der Waals surface area (Å²) in [7, 11) is -5.57. The van der Waals surface area contributed by atoms with E-state index >= 15 is 0 Å². The molecule has 0 rings (SSSR count). The van der Waals surface area contributed by atoms with Crippen molar-refractivity contribution in [2.75, 3.05) is 20.9 Å². The molecule has 0 radical (unpaired) electrons. The van der Waals surface area contributed by atoms with Crippen LogP contribution in [0.3, 0.4) is 0 Å². The smallest absolute Gasteiger partial charge is 0.312 e. The van der Waals surface area contributed by atoms with Crippen molar-refractivity contribution < 1.29 is 27.4 Å². The first-order valence-corrected chi connectivity index (χ1v) is 6.04. The van der Waals surface area contributed by atoms with Crippen LogP contribution in [0.4, 0.5) is 0 Å². The Morgan fingerprint density at radius 2 is 1.64 bits per heavy atom. The minimum absolute atomic E-state index is 0.969. The molecule has 0 bridgehead atoms. The van der Waals surface area contributed by atoms with Crippen molar-refractivity contribution in [3.63, 3.8) is 0 Å². The quantitative estimate of drug-likeness (QED) is 0.693. The second kappa shape index (κ2) is 3.81. The molecule has 0 aromatic carbocycles. The maximum atomic E-state index is 10.9. The molecule has 0 amide bonds. The molecule has 6 nitrogen and oxygen atoms in total. The van der Waals surface area contributed by atoms with Gasteiger partial charge in [-0.3, -0.25) is 9.09 Å². The average Bonchev–Trinajstić information content (AvgIpc) is 1.86. The van der Waals surface area contributed by atoms with Gasteiger partial charge in [0.1, 0.15) is 0 Å². The minimum atomic E-state index is -4.20. The fourth-order valence-corrected chi connectivity index (χ4v) is 2.29. The number of hydrogen-bond acceptors (Lipinski definition) is 5. The molecule has 0 saturated heterocycles. The Balaban J connectivity index is 4.26. The maximum absolute atomic E-state index is 10.9. The molecule has 0 aliphatic heterocycles. The van der Waals surface area contributed by atoms with Crippen LogP contribution in [0.5, 0.6) is 0 Å². The highest BCUT2D eigenvalue weighted by Crippen LogP contribution is 2.59. The van der Waals surface area contributed by atoms with Crippen LogP contribution in [0.25, 0.3) is 0 Å². The van der Waals surface area contributed by atoms with Crippen LogP contribution in [0.1, 0.15) is 0 Å². The van der Waals surface area contributed by atoms with Crippen molar-refractivity contribution in [2.24, 2.45) is 0 Å². The lowest BCUT2D eigenvalue weighted by Gasteiger charge is -2.13. The minimum Gasteiger partial charge on any atom is -0.312 e. The Hall–Kier alpha value is 0.300. The number of hydrogen-bond donors (Lipinski definition) is 1. The second-order valence-corrected chi connectivity index (χ2v) is 5.55. The van der Waals surface area contributed by atoms with E-state index in [-0.39, 0.29) is 0 Å². The van der Waals surface area contributed by atoms with E-state index in [9.17, 15) is 9.13 Å². The molecule has 68 valence electrons. The van der Waals surface area contributed by atoms with Crippen molar-refractivity contribution in [3.8, 4) is 0 Å². The highest BCUT2D eigenvalue weighted by atomic mass is 31.3. The van der Waals surface area contributed by atoms with Crippen LogP contribution >= 0.6 is 15.4 Å². The lowest BCUT2D eigenvalue weighted by molar-refractivity contribution is 0.223. The van der Waals surface area contributed by atoms with Crippen LogP contribution in [-0.2, 0) is 22.5 Å². The summed E-state index contributed by atoms with van der Waals surface area (Å²) >= 11 is 0. The molecule has 0 heterocycles. The molecule has 0 aliphatic carbocycles. The van der Waals surface area contributed by atoms with E-state index in [0.717, 1.165) is 20.9 Å². The molecular formula is C3H10O6P2. The summed E-state index contributed by atoms with van der Waals surface area (Å²) in [5.74, 6) is 0. The van der Waals surface area contributed by atoms with Crippen molar-refractivity contribution in [3.05, 3.63) is 0 Å². The van der Waals surface area contributed by atoms with Gasteiger partial charge >= 0.3 is 15.4 Å². The fraction of sp³-hybridized carbons (Fsp3) is 1.00. The van der Waals surface area contributed by atoms with Gasteiger partial charge in [-0.05, 0) is 0 Å². The zero-order valence-electron chi connectivity index (χ0n) is 6.38. The molecule has 0 aliphatic rings. The largest absolute Gasteiger partial charge is 0.479 e. The molecule has 0 spiro atoms. The van der Waals surface area contributed by atoms with Gasteiger partial charge < -0.3 is 9.42 Å². The third-order valence-electron chi connectivity index (χ3n) is 0.814. The normalized spacial score (nSPS) is 22.2. The van der Waals surface area contributed by atoms with Gasteiger partial charge in [0.25, 0.3) is 0 Å². The monoisotopic (exact) mass is 204 g/mol. The molecule has 2 atom stereocenters. The number of phosphoric acid groups is 1. The fourth-order valence-electron chi connectivity index (χ4n) is 0.254. The lowest BCUT2D eigenvalue weighted by Crippen LogP contribution is -1.91. The Morgan fingerprint density at radius 3 is 1.91 bits per heavy atom. The third-order valence-corrected chi connectivity index (χ3v) is 3.95. The average molecular weight is 204 g/mol. The Kier molecular flexibility index (Phi) is 3.91. The first-order valence-electron chi connectivity index (χ1n) is 2.56. The standard InChI is InChI=1S/C3H10O6P2/c1-7-10(3,4)9-11(5,6)8-2/h1-3H3,(H,5,6). The Labute approximate surface area is 64.6 Å². The van der Waals surface area contributed by atoms with Gasteiger partial charge in [0.05, 0.1) is 0 Å². The van der Waals surface area contributed by atoms with Crippen LogP contribution in [0.2, 0.25) is 0 Å². The summed E-state index contributed by atoms with van der Waals surface area (Å²) in [5.41, 5.74) is 0. The lowest BCUT2D eigenvalue weighted by atomic mass is 11.8.